The first-order valence-electron chi connectivity index (χ1n) is 6.98. The van der Waals surface area contributed by atoms with Gasteiger partial charge in [-0.2, -0.15) is 0 Å². The molecule has 17 heavy (non-hydrogen) atoms. The molecule has 1 aliphatic rings. The average Bonchev–Trinajstić information content (AvgIpc) is 2.23. The molecule has 0 radical (unpaired) electrons. The zero-order valence-electron chi connectivity index (χ0n) is 12.2. The predicted octanol–water partition coefficient (Wildman–Crippen LogP) is 3.05. The van der Waals surface area contributed by atoms with Gasteiger partial charge in [-0.1, -0.05) is 5.57 Å². The van der Waals surface area contributed by atoms with Crippen LogP contribution in [-0.2, 0) is 0 Å². The minimum absolute atomic E-state index is 0.250. The summed E-state index contributed by atoms with van der Waals surface area (Å²) in [7, 11) is 0. The molecule has 1 rings (SSSR count). The fourth-order valence-corrected chi connectivity index (χ4v) is 2.32. The van der Waals surface area contributed by atoms with Crippen molar-refractivity contribution in [3.63, 3.8) is 0 Å². The molecule has 0 saturated carbocycles. The summed E-state index contributed by atoms with van der Waals surface area (Å²) in [6.45, 7) is 17.7. The van der Waals surface area contributed by atoms with Crippen LogP contribution in [0.4, 0.5) is 0 Å². The van der Waals surface area contributed by atoms with Gasteiger partial charge >= 0.3 is 0 Å². The molecule has 0 aliphatic carbocycles. The van der Waals surface area contributed by atoms with Gasteiger partial charge < -0.3 is 10.2 Å². The maximum absolute atomic E-state index is 3.99. The van der Waals surface area contributed by atoms with Crippen molar-refractivity contribution in [1.82, 2.24) is 10.2 Å². The molecule has 1 N–H and O–H groups in total. The zero-order valence-corrected chi connectivity index (χ0v) is 12.2. The molecule has 2 nitrogen and oxygen atoms in total. The molecular formula is C15H30N2. The second-order valence-corrected chi connectivity index (χ2v) is 6.65. The lowest BCUT2D eigenvalue weighted by molar-refractivity contribution is 0.168. The molecule has 1 atom stereocenters. The molecule has 1 aliphatic heterocycles. The van der Waals surface area contributed by atoms with E-state index in [1.54, 1.807) is 0 Å². The molecule has 0 bridgehead atoms. The monoisotopic (exact) mass is 238 g/mol. The van der Waals surface area contributed by atoms with E-state index in [1.807, 2.05) is 0 Å². The molecule has 1 saturated heterocycles. The standard InChI is InChI=1S/C15H30N2/c1-13(2)8-10-17-9-6-7-14(12-17)11-16-15(3,4)5/h14,16H,1,6-12H2,2-5H3. The smallest absolute Gasteiger partial charge is 0.00966 e. The lowest BCUT2D eigenvalue weighted by Crippen LogP contribution is -2.44. The summed E-state index contributed by atoms with van der Waals surface area (Å²) >= 11 is 0. The van der Waals surface area contributed by atoms with Crippen molar-refractivity contribution in [2.45, 2.75) is 52.5 Å². The highest BCUT2D eigenvalue weighted by Gasteiger charge is 2.21. The van der Waals surface area contributed by atoms with Crippen molar-refractivity contribution >= 4 is 0 Å². The van der Waals surface area contributed by atoms with E-state index in [0.717, 1.165) is 18.9 Å². The Balaban J connectivity index is 2.26. The van der Waals surface area contributed by atoms with Gasteiger partial charge in [0.05, 0.1) is 0 Å². The Hall–Kier alpha value is -0.340. The lowest BCUT2D eigenvalue weighted by Gasteiger charge is -2.34. The third-order valence-electron chi connectivity index (χ3n) is 3.38. The second kappa shape index (κ2) is 6.55. The minimum atomic E-state index is 0.250. The van der Waals surface area contributed by atoms with Crippen LogP contribution in [0.15, 0.2) is 12.2 Å². The van der Waals surface area contributed by atoms with Crippen LogP contribution >= 0.6 is 0 Å². The average molecular weight is 238 g/mol. The van der Waals surface area contributed by atoms with Crippen LogP contribution in [0.5, 0.6) is 0 Å². The van der Waals surface area contributed by atoms with Crippen LogP contribution in [0.1, 0.15) is 47.0 Å². The number of rotatable bonds is 5. The molecule has 0 aromatic carbocycles. The highest BCUT2D eigenvalue weighted by molar-refractivity contribution is 4.89. The van der Waals surface area contributed by atoms with E-state index in [1.165, 1.54) is 38.0 Å². The molecular weight excluding hydrogens is 208 g/mol. The number of hydrogen-bond donors (Lipinski definition) is 1. The van der Waals surface area contributed by atoms with E-state index < -0.39 is 0 Å². The summed E-state index contributed by atoms with van der Waals surface area (Å²) in [6, 6.07) is 0. The van der Waals surface area contributed by atoms with Crippen LogP contribution in [0.2, 0.25) is 0 Å². The summed E-state index contributed by atoms with van der Waals surface area (Å²) in [6.07, 6.45) is 3.89. The Morgan fingerprint density at radius 3 is 2.71 bits per heavy atom. The SMILES string of the molecule is C=C(C)CCN1CCCC(CNC(C)(C)C)C1. The first-order chi connectivity index (χ1) is 7.87. The summed E-state index contributed by atoms with van der Waals surface area (Å²) in [5.74, 6) is 0.827. The Morgan fingerprint density at radius 2 is 2.12 bits per heavy atom. The van der Waals surface area contributed by atoms with E-state index in [4.69, 9.17) is 0 Å². The number of likely N-dealkylation sites (tertiary alicyclic amines) is 1. The Morgan fingerprint density at radius 1 is 1.41 bits per heavy atom. The fraction of sp³-hybridized carbons (Fsp3) is 0.867. The van der Waals surface area contributed by atoms with Crippen LogP contribution in [0, 0.1) is 5.92 Å². The van der Waals surface area contributed by atoms with E-state index in [-0.39, 0.29) is 5.54 Å². The van der Waals surface area contributed by atoms with Crippen molar-refractivity contribution in [3.05, 3.63) is 12.2 Å². The largest absolute Gasteiger partial charge is 0.312 e. The minimum Gasteiger partial charge on any atom is -0.312 e. The number of nitrogens with zero attached hydrogens (tertiary/aromatic N) is 1. The summed E-state index contributed by atoms with van der Waals surface area (Å²) in [5, 5.41) is 3.63. The van der Waals surface area contributed by atoms with Crippen molar-refractivity contribution in [1.29, 1.82) is 0 Å². The van der Waals surface area contributed by atoms with Gasteiger partial charge in [0.2, 0.25) is 0 Å². The highest BCUT2D eigenvalue weighted by Crippen LogP contribution is 2.17. The molecule has 1 heterocycles. The normalized spacial score (nSPS) is 22.7. The number of piperidine rings is 1. The predicted molar refractivity (Wildman–Crippen MR) is 76.4 cm³/mol. The van der Waals surface area contributed by atoms with Crippen molar-refractivity contribution in [2.75, 3.05) is 26.2 Å². The topological polar surface area (TPSA) is 15.3 Å². The fourth-order valence-electron chi connectivity index (χ4n) is 2.32. The molecule has 0 amide bonds. The first-order valence-corrected chi connectivity index (χ1v) is 6.98. The first kappa shape index (κ1) is 14.7. The van der Waals surface area contributed by atoms with Crippen molar-refractivity contribution < 1.29 is 0 Å². The van der Waals surface area contributed by atoms with E-state index in [2.05, 4.69) is 44.5 Å². The van der Waals surface area contributed by atoms with Crippen molar-refractivity contribution in [3.8, 4) is 0 Å². The van der Waals surface area contributed by atoms with Gasteiger partial charge in [-0.05, 0) is 66.0 Å². The van der Waals surface area contributed by atoms with Crippen molar-refractivity contribution in [2.24, 2.45) is 5.92 Å². The van der Waals surface area contributed by atoms with Crippen LogP contribution in [-0.4, -0.2) is 36.6 Å². The molecule has 0 aromatic rings. The number of hydrogen-bond acceptors (Lipinski definition) is 2. The Kier molecular flexibility index (Phi) is 5.68. The molecule has 0 aromatic heterocycles. The van der Waals surface area contributed by atoms with Gasteiger partial charge in [-0.25, -0.2) is 0 Å². The third kappa shape index (κ3) is 6.85. The van der Waals surface area contributed by atoms with Crippen LogP contribution in [0.25, 0.3) is 0 Å². The van der Waals surface area contributed by atoms with E-state index in [0.29, 0.717) is 0 Å². The van der Waals surface area contributed by atoms with Gasteiger partial charge in [0.15, 0.2) is 0 Å². The van der Waals surface area contributed by atoms with Gasteiger partial charge in [-0.15, -0.1) is 6.58 Å². The number of nitrogens with one attached hydrogen (secondary N) is 1. The van der Waals surface area contributed by atoms with E-state index >= 15 is 0 Å². The highest BCUT2D eigenvalue weighted by atomic mass is 15.1. The molecule has 1 fully saturated rings. The summed E-state index contributed by atoms with van der Waals surface area (Å²) in [4.78, 5) is 2.60. The zero-order chi connectivity index (χ0) is 12.9. The van der Waals surface area contributed by atoms with E-state index in [9.17, 15) is 0 Å². The van der Waals surface area contributed by atoms with Gasteiger partial charge in [-0.3, -0.25) is 0 Å². The van der Waals surface area contributed by atoms with Gasteiger partial charge in [0, 0.05) is 18.6 Å². The maximum atomic E-state index is 3.99. The lowest BCUT2D eigenvalue weighted by atomic mass is 9.96. The molecule has 2 heteroatoms. The molecule has 1 unspecified atom stereocenters. The Labute approximate surface area is 107 Å². The molecule has 0 spiro atoms. The quantitative estimate of drug-likeness (QED) is 0.741. The maximum Gasteiger partial charge on any atom is 0.00966 e. The van der Waals surface area contributed by atoms with Gasteiger partial charge in [0.25, 0.3) is 0 Å². The van der Waals surface area contributed by atoms with Crippen LogP contribution in [0.3, 0.4) is 0 Å². The third-order valence-corrected chi connectivity index (χ3v) is 3.38. The molecule has 100 valence electrons. The van der Waals surface area contributed by atoms with Crippen LogP contribution < -0.4 is 5.32 Å². The van der Waals surface area contributed by atoms with Gasteiger partial charge in [0.1, 0.15) is 0 Å². The summed E-state index contributed by atoms with van der Waals surface area (Å²) in [5.41, 5.74) is 1.56. The Bertz CT molecular complexity index is 240. The second-order valence-electron chi connectivity index (χ2n) is 6.65. The summed E-state index contributed by atoms with van der Waals surface area (Å²) < 4.78 is 0.